The first kappa shape index (κ1) is 22.3. The molecule has 0 radical (unpaired) electrons. The average Bonchev–Trinajstić information content (AvgIpc) is 3.56. The molecule has 33 heavy (non-hydrogen) atoms. The maximum absolute atomic E-state index is 13.3. The van der Waals surface area contributed by atoms with Gasteiger partial charge in [-0.25, -0.2) is 4.98 Å². The highest BCUT2D eigenvalue weighted by molar-refractivity contribution is 8.00. The molecular formula is C24H31N5O3S. The highest BCUT2D eigenvalue weighted by Crippen LogP contribution is 2.54. The number of rotatable bonds is 9. The summed E-state index contributed by atoms with van der Waals surface area (Å²) in [6.07, 6.45) is 10.1. The van der Waals surface area contributed by atoms with Crippen LogP contribution in [0.15, 0.2) is 30.5 Å². The molecule has 1 aliphatic heterocycles. The predicted molar refractivity (Wildman–Crippen MR) is 131 cm³/mol. The Hall–Kier alpha value is -2.52. The number of aromatic nitrogens is 2. The molecule has 8 nitrogen and oxygen atoms in total. The second-order valence-electron chi connectivity index (χ2n) is 9.24. The summed E-state index contributed by atoms with van der Waals surface area (Å²) in [4.78, 5) is 24.2. The fraction of sp³-hybridized carbons (Fsp3) is 0.542. The predicted octanol–water partition coefficient (Wildman–Crippen LogP) is 4.09. The van der Waals surface area contributed by atoms with Crippen LogP contribution < -0.4 is 19.7 Å². The lowest BCUT2D eigenvalue weighted by Gasteiger charge is -2.35. The van der Waals surface area contributed by atoms with Crippen molar-refractivity contribution in [3.05, 3.63) is 36.0 Å². The van der Waals surface area contributed by atoms with Crippen molar-refractivity contribution in [2.45, 2.75) is 51.0 Å². The third-order valence-corrected chi connectivity index (χ3v) is 7.71. The third kappa shape index (κ3) is 5.35. The summed E-state index contributed by atoms with van der Waals surface area (Å²) in [5, 5.41) is 11.9. The third-order valence-electron chi connectivity index (χ3n) is 6.94. The molecule has 2 aliphatic carbocycles. The molecule has 0 bridgehead atoms. The van der Waals surface area contributed by atoms with Crippen LogP contribution in [0, 0.1) is 5.41 Å². The standard InChI is InChI=1S/C24H31N5O3S/c30-14-15-33-28-17-4-5-19(20(16-17)29-12-9-24(7-8-24)10-13-29)22(31)27-23-25-11-6-21(26-23)32-18-2-1-3-18/h4-6,11,16,18,28,30H,1-3,7-10,12-15H2,(H,25,26,27,31). The van der Waals surface area contributed by atoms with Crippen molar-refractivity contribution in [3.63, 3.8) is 0 Å². The fourth-order valence-corrected chi connectivity index (χ4v) is 4.91. The van der Waals surface area contributed by atoms with Crippen LogP contribution >= 0.6 is 11.9 Å². The second-order valence-corrected chi connectivity index (χ2v) is 10.1. The topological polar surface area (TPSA) is 99.6 Å². The van der Waals surface area contributed by atoms with Gasteiger partial charge in [-0.1, -0.05) is 11.9 Å². The van der Waals surface area contributed by atoms with Gasteiger partial charge >= 0.3 is 0 Å². The summed E-state index contributed by atoms with van der Waals surface area (Å²) >= 11 is 1.45. The van der Waals surface area contributed by atoms with E-state index in [0.717, 1.165) is 37.3 Å². The van der Waals surface area contributed by atoms with E-state index in [1.165, 1.54) is 44.1 Å². The van der Waals surface area contributed by atoms with Gasteiger partial charge in [0.1, 0.15) is 6.10 Å². The van der Waals surface area contributed by atoms with Crippen LogP contribution in [0.4, 0.5) is 17.3 Å². The second kappa shape index (κ2) is 9.77. The zero-order valence-corrected chi connectivity index (χ0v) is 19.6. The number of piperidine rings is 1. The molecule has 1 aromatic carbocycles. The number of nitrogens with zero attached hydrogens (tertiary/aromatic N) is 3. The first-order chi connectivity index (χ1) is 16.1. The van der Waals surface area contributed by atoms with E-state index in [1.54, 1.807) is 12.3 Å². The summed E-state index contributed by atoms with van der Waals surface area (Å²) in [5.41, 5.74) is 2.99. The Balaban J connectivity index is 1.33. The van der Waals surface area contributed by atoms with Crippen molar-refractivity contribution in [1.82, 2.24) is 9.97 Å². The molecule has 3 aliphatic rings. The number of hydrogen-bond acceptors (Lipinski definition) is 8. The van der Waals surface area contributed by atoms with Crippen LogP contribution in [0.1, 0.15) is 55.3 Å². The first-order valence-electron chi connectivity index (χ1n) is 11.8. The van der Waals surface area contributed by atoms with Crippen LogP contribution in [-0.2, 0) is 0 Å². The number of ether oxygens (including phenoxy) is 1. The van der Waals surface area contributed by atoms with Gasteiger partial charge in [0.05, 0.1) is 17.9 Å². The van der Waals surface area contributed by atoms with E-state index < -0.39 is 0 Å². The van der Waals surface area contributed by atoms with Gasteiger partial charge in [0, 0.05) is 36.8 Å². The van der Waals surface area contributed by atoms with Gasteiger partial charge < -0.3 is 19.5 Å². The lowest BCUT2D eigenvalue weighted by atomic mass is 9.93. The van der Waals surface area contributed by atoms with Crippen LogP contribution in [0.5, 0.6) is 5.88 Å². The molecule has 2 heterocycles. The highest BCUT2D eigenvalue weighted by Gasteiger charge is 2.44. The van der Waals surface area contributed by atoms with Crippen molar-refractivity contribution >= 4 is 35.2 Å². The lowest BCUT2D eigenvalue weighted by molar-refractivity contribution is 0.102. The summed E-state index contributed by atoms with van der Waals surface area (Å²) in [5.74, 6) is 1.11. The Labute approximate surface area is 198 Å². The molecule has 0 unspecified atom stereocenters. The molecule has 3 fully saturated rings. The van der Waals surface area contributed by atoms with Gasteiger partial charge in [-0.05, 0) is 68.6 Å². The van der Waals surface area contributed by atoms with E-state index in [9.17, 15) is 4.79 Å². The van der Waals surface area contributed by atoms with E-state index in [4.69, 9.17) is 9.84 Å². The van der Waals surface area contributed by atoms with Crippen LogP contribution in [0.2, 0.25) is 0 Å². The van der Waals surface area contributed by atoms with Gasteiger partial charge in [-0.3, -0.25) is 10.1 Å². The van der Waals surface area contributed by atoms with Crippen molar-refractivity contribution in [2.75, 3.05) is 40.4 Å². The molecule has 1 amide bonds. The van der Waals surface area contributed by atoms with E-state index in [0.29, 0.717) is 22.6 Å². The summed E-state index contributed by atoms with van der Waals surface area (Å²) in [7, 11) is 0. The minimum Gasteiger partial charge on any atom is -0.474 e. The van der Waals surface area contributed by atoms with E-state index in [2.05, 4.69) is 24.9 Å². The molecule has 1 aromatic heterocycles. The maximum Gasteiger partial charge on any atom is 0.260 e. The molecule has 3 N–H and O–H groups in total. The number of anilines is 3. The number of hydrogen-bond donors (Lipinski definition) is 3. The van der Waals surface area contributed by atoms with Crippen molar-refractivity contribution in [1.29, 1.82) is 0 Å². The molecule has 9 heteroatoms. The van der Waals surface area contributed by atoms with Crippen LogP contribution in [0.3, 0.4) is 0 Å². The molecule has 1 spiro atoms. The van der Waals surface area contributed by atoms with E-state index in [-0.39, 0.29) is 24.6 Å². The van der Waals surface area contributed by atoms with Gasteiger partial charge in [-0.2, -0.15) is 4.98 Å². The molecule has 0 atom stereocenters. The van der Waals surface area contributed by atoms with Gasteiger partial charge in [0.15, 0.2) is 0 Å². The molecule has 2 saturated carbocycles. The fourth-order valence-electron chi connectivity index (χ4n) is 4.42. The molecule has 176 valence electrons. The number of aliphatic hydroxyl groups excluding tert-OH is 1. The van der Waals surface area contributed by atoms with Crippen molar-refractivity contribution in [2.24, 2.45) is 5.41 Å². The normalized spacial score (nSPS) is 19.1. The van der Waals surface area contributed by atoms with Gasteiger partial charge in [0.2, 0.25) is 11.8 Å². The summed E-state index contributed by atoms with van der Waals surface area (Å²) < 4.78 is 9.11. The van der Waals surface area contributed by atoms with E-state index in [1.807, 2.05) is 18.2 Å². The van der Waals surface area contributed by atoms with Crippen molar-refractivity contribution in [3.8, 4) is 5.88 Å². The largest absolute Gasteiger partial charge is 0.474 e. The lowest BCUT2D eigenvalue weighted by Crippen LogP contribution is -2.35. The molecular weight excluding hydrogens is 438 g/mol. The highest BCUT2D eigenvalue weighted by atomic mass is 32.2. The minimum atomic E-state index is -0.230. The smallest absolute Gasteiger partial charge is 0.260 e. The SMILES string of the molecule is O=C(Nc1nccc(OC2CCC2)n1)c1ccc(NSCCO)cc1N1CCC2(CC1)CC2. The average molecular weight is 470 g/mol. The van der Waals surface area contributed by atoms with Crippen molar-refractivity contribution < 1.29 is 14.6 Å². The Morgan fingerprint density at radius 3 is 2.73 bits per heavy atom. The zero-order chi connectivity index (χ0) is 22.7. The Morgan fingerprint density at radius 2 is 2.03 bits per heavy atom. The minimum absolute atomic E-state index is 0.114. The molecule has 2 aromatic rings. The van der Waals surface area contributed by atoms with Gasteiger partial charge in [0.25, 0.3) is 5.91 Å². The number of benzene rings is 1. The van der Waals surface area contributed by atoms with E-state index >= 15 is 0 Å². The number of carbonyl (C=O) groups is 1. The molecule has 1 saturated heterocycles. The van der Waals surface area contributed by atoms with Crippen LogP contribution in [0.25, 0.3) is 0 Å². The monoisotopic (exact) mass is 469 g/mol. The number of nitrogens with one attached hydrogen (secondary N) is 2. The number of carbonyl (C=O) groups excluding carboxylic acids is 1. The Kier molecular flexibility index (Phi) is 6.59. The Bertz CT molecular complexity index is 986. The number of amides is 1. The summed E-state index contributed by atoms with van der Waals surface area (Å²) in [6, 6.07) is 7.50. The zero-order valence-electron chi connectivity index (χ0n) is 18.8. The Morgan fingerprint density at radius 1 is 1.21 bits per heavy atom. The first-order valence-corrected chi connectivity index (χ1v) is 12.8. The maximum atomic E-state index is 13.3. The summed E-state index contributed by atoms with van der Waals surface area (Å²) in [6.45, 7) is 2.02. The van der Waals surface area contributed by atoms with Gasteiger partial charge in [-0.15, -0.1) is 0 Å². The quantitative estimate of drug-likeness (QED) is 0.373. The number of aliphatic hydroxyl groups is 1. The molecule has 5 rings (SSSR count). The van der Waals surface area contributed by atoms with Crippen LogP contribution in [-0.4, -0.2) is 52.5 Å².